The zero-order chi connectivity index (χ0) is 15.8. The Morgan fingerprint density at radius 2 is 2.00 bits per heavy atom. The number of aliphatic hydroxyl groups is 1. The number of nitrogens with zero attached hydrogens (tertiary/aromatic N) is 1. The van der Waals surface area contributed by atoms with Crippen LogP contribution >= 0.6 is 0 Å². The summed E-state index contributed by atoms with van der Waals surface area (Å²) in [5.74, 6) is -0.713. The molecule has 0 saturated carbocycles. The van der Waals surface area contributed by atoms with Gasteiger partial charge in [0.15, 0.2) is 0 Å². The summed E-state index contributed by atoms with van der Waals surface area (Å²) in [5, 5.41) is 21.9. The normalized spacial score (nSPS) is 14.5. The molecule has 0 aliphatic carbocycles. The van der Waals surface area contributed by atoms with Gasteiger partial charge in [-0.25, -0.2) is 5.06 Å². The van der Waals surface area contributed by atoms with Crippen LogP contribution in [-0.2, 0) is 9.59 Å². The molecule has 6 heteroatoms. The number of carbonyl (C=O) groups excluding carboxylic acids is 2. The lowest BCUT2D eigenvalue weighted by atomic mass is 9.86. The third-order valence-corrected chi connectivity index (χ3v) is 3.35. The molecule has 20 heavy (non-hydrogen) atoms. The highest BCUT2D eigenvalue weighted by atomic mass is 16.5. The van der Waals surface area contributed by atoms with E-state index in [0.29, 0.717) is 17.9 Å². The van der Waals surface area contributed by atoms with Crippen LogP contribution in [0.15, 0.2) is 0 Å². The molecule has 0 aromatic rings. The van der Waals surface area contributed by atoms with E-state index in [2.05, 4.69) is 5.32 Å². The lowest BCUT2D eigenvalue weighted by Gasteiger charge is -2.31. The van der Waals surface area contributed by atoms with Crippen molar-refractivity contribution in [3.05, 3.63) is 0 Å². The van der Waals surface area contributed by atoms with Crippen molar-refractivity contribution in [1.82, 2.24) is 10.4 Å². The Bertz CT molecular complexity index is 302. The summed E-state index contributed by atoms with van der Waals surface area (Å²) < 4.78 is 0. The van der Waals surface area contributed by atoms with E-state index in [1.54, 1.807) is 0 Å². The zero-order valence-corrected chi connectivity index (χ0v) is 12.9. The van der Waals surface area contributed by atoms with Gasteiger partial charge in [0.2, 0.25) is 12.3 Å². The van der Waals surface area contributed by atoms with Gasteiger partial charge in [-0.1, -0.05) is 40.5 Å². The van der Waals surface area contributed by atoms with Gasteiger partial charge in [0.05, 0.1) is 25.1 Å². The van der Waals surface area contributed by atoms with Gasteiger partial charge in [-0.15, -0.1) is 0 Å². The molecule has 0 aromatic heterocycles. The Labute approximate surface area is 121 Å². The Hall–Kier alpha value is -1.14. The standard InChI is InChI=1S/C14H28N2O4/c1-5-6-7-11(8-16(20)10-18)13(19)15-12(9-17)14(2,3)4/h10-12,17,20H,5-9H2,1-4H3,(H,15,19)/t11?,12-/m1/s1. The summed E-state index contributed by atoms with van der Waals surface area (Å²) >= 11 is 0. The lowest BCUT2D eigenvalue weighted by Crippen LogP contribution is -2.49. The van der Waals surface area contributed by atoms with E-state index in [9.17, 15) is 19.9 Å². The average Bonchev–Trinajstić information content (AvgIpc) is 2.38. The molecule has 1 unspecified atom stereocenters. The van der Waals surface area contributed by atoms with Crippen molar-refractivity contribution in [1.29, 1.82) is 0 Å². The van der Waals surface area contributed by atoms with E-state index < -0.39 is 5.92 Å². The Morgan fingerprint density at radius 1 is 1.40 bits per heavy atom. The summed E-state index contributed by atoms with van der Waals surface area (Å²) in [4.78, 5) is 22.7. The number of nitrogens with one attached hydrogen (secondary N) is 1. The molecule has 2 amide bonds. The molecule has 0 aliphatic heterocycles. The summed E-state index contributed by atoms with van der Waals surface area (Å²) in [6.07, 6.45) is 2.65. The van der Waals surface area contributed by atoms with Crippen LogP contribution in [0.25, 0.3) is 0 Å². The van der Waals surface area contributed by atoms with Crippen molar-refractivity contribution >= 4 is 12.3 Å². The molecule has 2 atom stereocenters. The van der Waals surface area contributed by atoms with Crippen LogP contribution in [0.3, 0.4) is 0 Å². The molecular formula is C14H28N2O4. The number of unbranched alkanes of at least 4 members (excludes halogenated alkanes) is 1. The van der Waals surface area contributed by atoms with Gasteiger partial charge in [-0.05, 0) is 11.8 Å². The van der Waals surface area contributed by atoms with Crippen LogP contribution in [0.2, 0.25) is 0 Å². The summed E-state index contributed by atoms with van der Waals surface area (Å²) in [7, 11) is 0. The van der Waals surface area contributed by atoms with Gasteiger partial charge >= 0.3 is 0 Å². The smallest absolute Gasteiger partial charge is 0.233 e. The maximum atomic E-state index is 12.2. The van der Waals surface area contributed by atoms with Gasteiger partial charge in [-0.2, -0.15) is 0 Å². The molecule has 0 heterocycles. The largest absolute Gasteiger partial charge is 0.394 e. The maximum absolute atomic E-state index is 12.2. The second kappa shape index (κ2) is 8.92. The Morgan fingerprint density at radius 3 is 2.40 bits per heavy atom. The summed E-state index contributed by atoms with van der Waals surface area (Å²) in [6, 6.07) is -0.359. The second-order valence-electron chi connectivity index (χ2n) is 6.18. The molecule has 0 fully saturated rings. The van der Waals surface area contributed by atoms with Crippen molar-refractivity contribution in [3.63, 3.8) is 0 Å². The third kappa shape index (κ3) is 6.86. The van der Waals surface area contributed by atoms with Crippen molar-refractivity contribution in [3.8, 4) is 0 Å². The Kier molecular flexibility index (Phi) is 8.41. The molecule has 6 nitrogen and oxygen atoms in total. The SMILES string of the molecule is CCCCC(CN(O)C=O)C(=O)N[C@H](CO)C(C)(C)C. The van der Waals surface area contributed by atoms with Gasteiger partial charge in [-0.3, -0.25) is 14.8 Å². The number of hydrogen-bond acceptors (Lipinski definition) is 4. The van der Waals surface area contributed by atoms with E-state index in [1.807, 2.05) is 27.7 Å². The number of hydrogen-bond donors (Lipinski definition) is 3. The highest BCUT2D eigenvalue weighted by molar-refractivity contribution is 5.79. The molecule has 0 rings (SSSR count). The monoisotopic (exact) mass is 288 g/mol. The first-order valence-electron chi connectivity index (χ1n) is 7.08. The minimum atomic E-state index is -0.471. The van der Waals surface area contributed by atoms with Gasteiger partial charge in [0.25, 0.3) is 0 Å². The quantitative estimate of drug-likeness (QED) is 0.337. The first kappa shape index (κ1) is 18.9. The van der Waals surface area contributed by atoms with E-state index in [1.165, 1.54) is 0 Å². The van der Waals surface area contributed by atoms with Crippen LogP contribution in [0.4, 0.5) is 0 Å². The minimum Gasteiger partial charge on any atom is -0.394 e. The van der Waals surface area contributed by atoms with E-state index in [0.717, 1.165) is 12.8 Å². The zero-order valence-electron chi connectivity index (χ0n) is 12.9. The third-order valence-electron chi connectivity index (χ3n) is 3.35. The average molecular weight is 288 g/mol. The number of rotatable bonds is 9. The Balaban J connectivity index is 4.71. The van der Waals surface area contributed by atoms with Crippen LogP contribution in [-0.4, -0.2) is 46.9 Å². The van der Waals surface area contributed by atoms with Crippen LogP contribution < -0.4 is 5.32 Å². The first-order valence-corrected chi connectivity index (χ1v) is 7.08. The number of amides is 2. The molecule has 0 saturated heterocycles. The van der Waals surface area contributed by atoms with Gasteiger partial charge in [0.1, 0.15) is 0 Å². The predicted octanol–water partition coefficient (Wildman–Crippen LogP) is 1.16. The van der Waals surface area contributed by atoms with Crippen molar-refractivity contribution in [2.45, 2.75) is 53.0 Å². The fourth-order valence-corrected chi connectivity index (χ4v) is 1.85. The lowest BCUT2D eigenvalue weighted by molar-refractivity contribution is -0.155. The number of aliphatic hydroxyl groups excluding tert-OH is 1. The molecule has 0 bridgehead atoms. The molecule has 3 N–H and O–H groups in total. The number of hydroxylamine groups is 2. The first-order chi connectivity index (χ1) is 9.26. The molecule has 118 valence electrons. The second-order valence-corrected chi connectivity index (χ2v) is 6.18. The molecule has 0 aromatic carbocycles. The fraction of sp³-hybridized carbons (Fsp3) is 0.857. The highest BCUT2D eigenvalue weighted by Gasteiger charge is 2.29. The van der Waals surface area contributed by atoms with Gasteiger partial charge < -0.3 is 10.4 Å². The molecule has 0 aliphatic rings. The van der Waals surface area contributed by atoms with E-state index in [4.69, 9.17) is 0 Å². The predicted molar refractivity (Wildman–Crippen MR) is 76.0 cm³/mol. The van der Waals surface area contributed by atoms with Crippen molar-refractivity contribution < 1.29 is 19.9 Å². The van der Waals surface area contributed by atoms with Crippen LogP contribution in [0.1, 0.15) is 47.0 Å². The maximum Gasteiger partial charge on any atom is 0.233 e. The topological polar surface area (TPSA) is 89.9 Å². The minimum absolute atomic E-state index is 0.0301. The van der Waals surface area contributed by atoms with Crippen molar-refractivity contribution in [2.75, 3.05) is 13.2 Å². The number of carbonyl (C=O) groups is 2. The highest BCUT2D eigenvalue weighted by Crippen LogP contribution is 2.20. The molecular weight excluding hydrogens is 260 g/mol. The fourth-order valence-electron chi connectivity index (χ4n) is 1.85. The summed E-state index contributed by atoms with van der Waals surface area (Å²) in [5.41, 5.74) is -0.261. The van der Waals surface area contributed by atoms with Crippen LogP contribution in [0, 0.1) is 11.3 Å². The van der Waals surface area contributed by atoms with Crippen LogP contribution in [0.5, 0.6) is 0 Å². The van der Waals surface area contributed by atoms with E-state index in [-0.39, 0.29) is 30.5 Å². The summed E-state index contributed by atoms with van der Waals surface area (Å²) in [6.45, 7) is 7.62. The molecule has 0 spiro atoms. The molecule has 0 radical (unpaired) electrons. The van der Waals surface area contributed by atoms with E-state index >= 15 is 0 Å². The van der Waals surface area contributed by atoms with Gasteiger partial charge in [0, 0.05) is 0 Å². The van der Waals surface area contributed by atoms with Crippen molar-refractivity contribution in [2.24, 2.45) is 11.3 Å².